The minimum absolute atomic E-state index is 0.0529. The average molecular weight is 221 g/mol. The van der Waals surface area contributed by atoms with Crippen LogP contribution < -0.4 is 5.73 Å². The Bertz CT molecular complexity index is 416. The van der Waals surface area contributed by atoms with Crippen LogP contribution in [0.4, 0.5) is 4.79 Å². The number of hydrogen-bond acceptors (Lipinski definition) is 3. The highest BCUT2D eigenvalue weighted by molar-refractivity contribution is 5.65. The third-order valence-corrected chi connectivity index (χ3v) is 2.94. The van der Waals surface area contributed by atoms with Crippen LogP contribution in [-0.4, -0.2) is 12.7 Å². The third-order valence-electron chi connectivity index (χ3n) is 2.94. The van der Waals surface area contributed by atoms with Crippen molar-refractivity contribution < 1.29 is 14.3 Å². The third kappa shape index (κ3) is 1.83. The van der Waals surface area contributed by atoms with Gasteiger partial charge in [-0.15, -0.1) is 0 Å². The summed E-state index contributed by atoms with van der Waals surface area (Å²) in [5.74, 6) is 0.828. The lowest BCUT2D eigenvalue weighted by Crippen LogP contribution is -2.20. The second-order valence-corrected chi connectivity index (χ2v) is 4.61. The van der Waals surface area contributed by atoms with Gasteiger partial charge in [-0.05, 0) is 23.5 Å². The minimum atomic E-state index is -0.757. The Morgan fingerprint density at radius 2 is 2.38 bits per heavy atom. The molecule has 1 aliphatic heterocycles. The molecule has 1 aliphatic carbocycles. The summed E-state index contributed by atoms with van der Waals surface area (Å²) in [6.07, 6.45) is 5.66. The van der Waals surface area contributed by atoms with Gasteiger partial charge >= 0.3 is 6.09 Å². The highest BCUT2D eigenvalue weighted by Gasteiger charge is 2.37. The maximum absolute atomic E-state index is 10.6. The van der Waals surface area contributed by atoms with Gasteiger partial charge in [0.05, 0.1) is 6.26 Å². The van der Waals surface area contributed by atoms with Gasteiger partial charge in [0, 0.05) is 5.57 Å². The first-order valence-corrected chi connectivity index (χ1v) is 5.19. The first-order chi connectivity index (χ1) is 7.50. The second-order valence-electron chi connectivity index (χ2n) is 4.61. The normalized spacial score (nSPS) is 21.2. The van der Waals surface area contributed by atoms with Crippen LogP contribution in [0.15, 0.2) is 35.3 Å². The summed E-state index contributed by atoms with van der Waals surface area (Å²) in [4.78, 5) is 10.6. The predicted octanol–water partition coefficient (Wildman–Crippen LogP) is 2.24. The zero-order chi connectivity index (χ0) is 11.8. The molecule has 2 N–H and O–H groups in total. The minimum Gasteiger partial charge on any atom is -0.465 e. The van der Waals surface area contributed by atoms with Crippen LogP contribution in [0.2, 0.25) is 0 Å². The van der Waals surface area contributed by atoms with Gasteiger partial charge in [-0.25, -0.2) is 4.79 Å². The van der Waals surface area contributed by atoms with E-state index >= 15 is 0 Å². The van der Waals surface area contributed by atoms with Gasteiger partial charge in [0.2, 0.25) is 0 Å². The van der Waals surface area contributed by atoms with E-state index in [2.05, 4.69) is 13.8 Å². The first-order valence-electron chi connectivity index (χ1n) is 5.19. The fraction of sp³-hybridized carbons (Fsp3) is 0.417. The van der Waals surface area contributed by atoms with Crippen molar-refractivity contribution in [3.63, 3.8) is 0 Å². The molecule has 4 heteroatoms. The molecular formula is C12H15NO3. The molecule has 86 valence electrons. The smallest absolute Gasteiger partial charge is 0.404 e. The fourth-order valence-electron chi connectivity index (χ4n) is 2.11. The number of fused-ring (bicyclic) bond motifs is 1. The molecule has 0 aromatic carbocycles. The van der Waals surface area contributed by atoms with E-state index in [9.17, 15) is 4.79 Å². The van der Waals surface area contributed by atoms with Gasteiger partial charge in [-0.2, -0.15) is 0 Å². The number of ether oxygens (including phenoxy) is 2. The lowest BCUT2D eigenvalue weighted by Gasteiger charge is -2.21. The van der Waals surface area contributed by atoms with Crippen molar-refractivity contribution in [3.05, 3.63) is 35.3 Å². The summed E-state index contributed by atoms with van der Waals surface area (Å²) in [5.41, 5.74) is 7.06. The van der Waals surface area contributed by atoms with Crippen molar-refractivity contribution in [1.82, 2.24) is 0 Å². The van der Waals surface area contributed by atoms with Gasteiger partial charge < -0.3 is 15.2 Å². The van der Waals surface area contributed by atoms with Crippen LogP contribution in [0.3, 0.4) is 0 Å². The van der Waals surface area contributed by atoms with E-state index in [0.717, 1.165) is 23.3 Å². The van der Waals surface area contributed by atoms with E-state index in [1.165, 1.54) is 0 Å². The fourth-order valence-corrected chi connectivity index (χ4v) is 2.11. The lowest BCUT2D eigenvalue weighted by molar-refractivity contribution is 0.159. The van der Waals surface area contributed by atoms with Crippen molar-refractivity contribution in [3.8, 4) is 0 Å². The standard InChI is InChI=1S/C12H15NO3/c1-12(2)6-8-4-3-5-15-10(8)9(12)7-16-11(13)14/h3-5H,6-7H2,1-2H3,(H2,13,14). The number of hydrogen-bond donors (Lipinski definition) is 1. The Kier molecular flexibility index (Phi) is 2.50. The van der Waals surface area contributed by atoms with Gasteiger partial charge in [0.15, 0.2) is 0 Å². The van der Waals surface area contributed by atoms with Crippen LogP contribution in [0.25, 0.3) is 0 Å². The molecule has 0 aromatic rings. The van der Waals surface area contributed by atoms with E-state index in [-0.39, 0.29) is 12.0 Å². The first kappa shape index (κ1) is 10.8. The zero-order valence-electron chi connectivity index (χ0n) is 9.45. The molecule has 0 saturated heterocycles. The monoisotopic (exact) mass is 221 g/mol. The van der Waals surface area contributed by atoms with Crippen LogP contribution in [0, 0.1) is 5.41 Å². The van der Waals surface area contributed by atoms with Crippen molar-refractivity contribution in [2.45, 2.75) is 20.3 Å². The Balaban J connectivity index is 2.27. The van der Waals surface area contributed by atoms with E-state index in [1.54, 1.807) is 6.26 Å². The molecule has 0 bridgehead atoms. The number of carbonyl (C=O) groups is 1. The molecule has 0 spiro atoms. The molecule has 1 heterocycles. The van der Waals surface area contributed by atoms with E-state index in [0.29, 0.717) is 0 Å². The van der Waals surface area contributed by atoms with Crippen molar-refractivity contribution in [1.29, 1.82) is 0 Å². The number of carbonyl (C=O) groups excluding carboxylic acids is 1. The quantitative estimate of drug-likeness (QED) is 0.777. The largest absolute Gasteiger partial charge is 0.465 e. The molecule has 1 amide bonds. The maximum atomic E-state index is 10.6. The van der Waals surface area contributed by atoms with Gasteiger partial charge in [0.1, 0.15) is 12.4 Å². The van der Waals surface area contributed by atoms with Gasteiger partial charge in [-0.3, -0.25) is 0 Å². The van der Waals surface area contributed by atoms with Crippen molar-refractivity contribution in [2.24, 2.45) is 11.1 Å². The number of nitrogens with two attached hydrogens (primary N) is 1. The van der Waals surface area contributed by atoms with E-state index in [4.69, 9.17) is 15.2 Å². The topological polar surface area (TPSA) is 61.6 Å². The molecule has 0 saturated carbocycles. The summed E-state index contributed by atoms with van der Waals surface area (Å²) in [6, 6.07) is 0. The summed E-state index contributed by atoms with van der Waals surface area (Å²) in [7, 11) is 0. The SMILES string of the molecule is CC1(C)CC2=CC=COC2=C1COC(N)=O. The number of primary amides is 1. The van der Waals surface area contributed by atoms with Gasteiger partial charge in [0.25, 0.3) is 0 Å². The van der Waals surface area contributed by atoms with Crippen LogP contribution >= 0.6 is 0 Å². The summed E-state index contributed by atoms with van der Waals surface area (Å²) in [5, 5.41) is 0. The summed E-state index contributed by atoms with van der Waals surface area (Å²) < 4.78 is 10.3. The highest BCUT2D eigenvalue weighted by atomic mass is 16.5. The average Bonchev–Trinajstić information content (AvgIpc) is 2.44. The van der Waals surface area contributed by atoms with Gasteiger partial charge in [-0.1, -0.05) is 19.9 Å². The maximum Gasteiger partial charge on any atom is 0.404 e. The molecule has 0 atom stereocenters. The van der Waals surface area contributed by atoms with Crippen molar-refractivity contribution in [2.75, 3.05) is 6.61 Å². The Morgan fingerprint density at radius 1 is 1.62 bits per heavy atom. The lowest BCUT2D eigenvalue weighted by atomic mass is 9.85. The Hall–Kier alpha value is -1.71. The molecule has 16 heavy (non-hydrogen) atoms. The molecule has 0 fully saturated rings. The number of amides is 1. The molecule has 2 aliphatic rings. The Morgan fingerprint density at radius 3 is 3.06 bits per heavy atom. The molecule has 0 unspecified atom stereocenters. The predicted molar refractivity (Wildman–Crippen MR) is 59.3 cm³/mol. The zero-order valence-corrected chi connectivity index (χ0v) is 9.45. The summed E-state index contributed by atoms with van der Waals surface area (Å²) in [6.45, 7) is 4.40. The number of allylic oxidation sites excluding steroid dienone is 3. The van der Waals surface area contributed by atoms with Crippen molar-refractivity contribution >= 4 is 6.09 Å². The second kappa shape index (κ2) is 3.70. The molecule has 0 aromatic heterocycles. The van der Waals surface area contributed by atoms with Crippen LogP contribution in [-0.2, 0) is 9.47 Å². The van der Waals surface area contributed by atoms with E-state index in [1.807, 2.05) is 12.2 Å². The highest BCUT2D eigenvalue weighted by Crippen LogP contribution is 2.46. The number of rotatable bonds is 2. The molecule has 2 rings (SSSR count). The molecule has 4 nitrogen and oxygen atoms in total. The Labute approximate surface area is 94.4 Å². The van der Waals surface area contributed by atoms with E-state index < -0.39 is 6.09 Å². The summed E-state index contributed by atoms with van der Waals surface area (Å²) >= 11 is 0. The molecule has 0 radical (unpaired) electrons. The van der Waals surface area contributed by atoms with Crippen LogP contribution in [0.5, 0.6) is 0 Å². The molecular weight excluding hydrogens is 206 g/mol. The van der Waals surface area contributed by atoms with Crippen LogP contribution in [0.1, 0.15) is 20.3 Å².